The highest BCUT2D eigenvalue weighted by molar-refractivity contribution is 6.62. The number of amides is 1. The lowest BCUT2D eigenvalue weighted by molar-refractivity contribution is 0.00578. The van der Waals surface area contributed by atoms with Gasteiger partial charge in [0, 0.05) is 17.8 Å². The molecule has 2 atom stereocenters. The molecule has 0 radical (unpaired) electrons. The number of hydrogen-bond acceptors (Lipinski definition) is 5. The molecule has 0 spiro atoms. The molecular formula is C31H40BN3O4. The molecular weight excluding hydrogens is 489 g/mol. The number of carbonyl (C=O) groups excluding carboxylic acids is 1. The maximum atomic E-state index is 12.9. The number of imidazole rings is 1. The van der Waals surface area contributed by atoms with Crippen molar-refractivity contribution < 1.29 is 18.8 Å². The van der Waals surface area contributed by atoms with Gasteiger partial charge in [0.05, 0.1) is 22.9 Å². The van der Waals surface area contributed by atoms with Crippen LogP contribution >= 0.6 is 0 Å². The first-order valence-electron chi connectivity index (χ1n) is 13.9. The van der Waals surface area contributed by atoms with E-state index in [9.17, 15) is 4.79 Å². The minimum absolute atomic E-state index is 0.105. The Morgan fingerprint density at radius 2 is 1.49 bits per heavy atom. The van der Waals surface area contributed by atoms with Gasteiger partial charge in [-0.05, 0) is 84.8 Å². The number of benzene rings is 2. The lowest BCUT2D eigenvalue weighted by atomic mass is 9.78. The average Bonchev–Trinajstić information content (AvgIpc) is 3.54. The van der Waals surface area contributed by atoms with Gasteiger partial charge in [-0.25, -0.2) is 9.78 Å². The summed E-state index contributed by atoms with van der Waals surface area (Å²) in [6.07, 6.45) is 3.40. The van der Waals surface area contributed by atoms with Crippen LogP contribution in [0.25, 0.3) is 22.4 Å². The van der Waals surface area contributed by atoms with Gasteiger partial charge in [-0.1, -0.05) is 48.5 Å². The maximum absolute atomic E-state index is 12.9. The summed E-state index contributed by atoms with van der Waals surface area (Å²) >= 11 is 0. The van der Waals surface area contributed by atoms with Crippen molar-refractivity contribution in [1.29, 1.82) is 0 Å². The zero-order valence-corrected chi connectivity index (χ0v) is 24.4. The maximum Gasteiger partial charge on any atom is 0.494 e. The highest BCUT2D eigenvalue weighted by atomic mass is 16.7. The van der Waals surface area contributed by atoms with E-state index in [4.69, 9.17) is 19.0 Å². The van der Waals surface area contributed by atoms with Crippen LogP contribution in [0.15, 0.2) is 54.7 Å². The summed E-state index contributed by atoms with van der Waals surface area (Å²) in [6.45, 7) is 16.0. The molecule has 0 bridgehead atoms. The Morgan fingerprint density at radius 1 is 0.949 bits per heavy atom. The average molecular weight is 529 g/mol. The van der Waals surface area contributed by atoms with E-state index in [1.54, 1.807) is 0 Å². The Bertz CT molecular complexity index is 1310. The number of ether oxygens (including phenoxy) is 1. The van der Waals surface area contributed by atoms with Crippen molar-refractivity contribution in [2.75, 3.05) is 0 Å². The monoisotopic (exact) mass is 529 g/mol. The van der Waals surface area contributed by atoms with Crippen LogP contribution in [-0.2, 0) is 14.0 Å². The van der Waals surface area contributed by atoms with Crippen LogP contribution in [0, 0.1) is 0 Å². The summed E-state index contributed by atoms with van der Waals surface area (Å²) in [5.74, 6) is 0.794. The summed E-state index contributed by atoms with van der Waals surface area (Å²) < 4.78 is 18.0. The third-order valence-corrected chi connectivity index (χ3v) is 8.14. The fourth-order valence-corrected chi connectivity index (χ4v) is 5.18. The first-order valence-corrected chi connectivity index (χ1v) is 13.9. The SMILES string of the molecule is CC1CCC(c2nc(-c3ccc(-c4ccc(B5OC(C)(C)C(C)(C)O5)cc4)cc3)c[nH]2)N1C(=O)OC(C)(C)C. The molecule has 39 heavy (non-hydrogen) atoms. The Hall–Kier alpha value is -3.10. The number of hydrogen-bond donors (Lipinski definition) is 1. The summed E-state index contributed by atoms with van der Waals surface area (Å²) in [5.41, 5.74) is 3.88. The van der Waals surface area contributed by atoms with Crippen molar-refractivity contribution in [2.24, 2.45) is 0 Å². The van der Waals surface area contributed by atoms with Gasteiger partial charge < -0.3 is 19.0 Å². The summed E-state index contributed by atoms with van der Waals surface area (Å²) in [4.78, 5) is 22.9. The van der Waals surface area contributed by atoms with Crippen molar-refractivity contribution in [3.8, 4) is 22.4 Å². The molecule has 2 aromatic carbocycles. The summed E-state index contributed by atoms with van der Waals surface area (Å²) in [6, 6.07) is 16.7. The molecule has 2 fully saturated rings. The largest absolute Gasteiger partial charge is 0.494 e. The molecule has 206 valence electrons. The second kappa shape index (κ2) is 9.83. The molecule has 2 aliphatic heterocycles. The van der Waals surface area contributed by atoms with Crippen LogP contribution in [0.5, 0.6) is 0 Å². The fourth-order valence-electron chi connectivity index (χ4n) is 5.18. The van der Waals surface area contributed by atoms with E-state index in [0.717, 1.165) is 46.5 Å². The van der Waals surface area contributed by atoms with Crippen LogP contribution < -0.4 is 5.46 Å². The Morgan fingerprint density at radius 3 is 2.05 bits per heavy atom. The van der Waals surface area contributed by atoms with Crippen LogP contribution in [0.2, 0.25) is 0 Å². The van der Waals surface area contributed by atoms with Crippen molar-refractivity contribution in [1.82, 2.24) is 14.9 Å². The van der Waals surface area contributed by atoms with Gasteiger partial charge >= 0.3 is 13.2 Å². The van der Waals surface area contributed by atoms with Crippen molar-refractivity contribution in [3.05, 3.63) is 60.6 Å². The van der Waals surface area contributed by atoms with E-state index in [1.165, 1.54) is 0 Å². The second-order valence-corrected chi connectivity index (χ2v) is 12.8. The molecule has 2 aliphatic rings. The molecule has 8 heteroatoms. The number of rotatable bonds is 4. The fraction of sp³-hybridized carbons (Fsp3) is 0.484. The standard InChI is InChI=1S/C31H40BN3O4/c1-20-9-18-26(35(20)28(36)37-29(2,3)4)27-33-19-25(34-27)23-12-10-21(11-13-23)22-14-16-24(17-15-22)32-38-30(5,6)31(7,8)39-32/h10-17,19-20,26H,9,18H2,1-8H3,(H,33,34). The molecule has 1 aromatic heterocycles. The van der Waals surface area contributed by atoms with Crippen LogP contribution in [-0.4, -0.2) is 50.9 Å². The van der Waals surface area contributed by atoms with Crippen molar-refractivity contribution in [2.45, 2.75) is 97.1 Å². The lowest BCUT2D eigenvalue weighted by Gasteiger charge is -2.32. The Kier molecular flexibility index (Phi) is 6.92. The van der Waals surface area contributed by atoms with Gasteiger partial charge in [-0.2, -0.15) is 0 Å². The van der Waals surface area contributed by atoms with E-state index >= 15 is 0 Å². The molecule has 2 saturated heterocycles. The van der Waals surface area contributed by atoms with E-state index in [0.29, 0.717) is 0 Å². The molecule has 7 nitrogen and oxygen atoms in total. The molecule has 0 aliphatic carbocycles. The lowest BCUT2D eigenvalue weighted by Crippen LogP contribution is -2.41. The summed E-state index contributed by atoms with van der Waals surface area (Å²) in [7, 11) is -0.366. The van der Waals surface area contributed by atoms with Crippen LogP contribution in [0.3, 0.4) is 0 Å². The third-order valence-electron chi connectivity index (χ3n) is 8.14. The van der Waals surface area contributed by atoms with E-state index in [2.05, 4.69) is 88.1 Å². The Labute approximate surface area is 232 Å². The van der Waals surface area contributed by atoms with Gasteiger partial charge in [0.1, 0.15) is 11.4 Å². The highest BCUT2D eigenvalue weighted by Gasteiger charge is 2.51. The third kappa shape index (κ3) is 5.50. The molecule has 5 rings (SSSR count). The number of nitrogens with zero attached hydrogens (tertiary/aromatic N) is 2. The van der Waals surface area contributed by atoms with Gasteiger partial charge in [-0.15, -0.1) is 0 Å². The predicted molar refractivity (Wildman–Crippen MR) is 155 cm³/mol. The van der Waals surface area contributed by atoms with E-state index in [-0.39, 0.29) is 36.5 Å². The first-order chi connectivity index (χ1) is 18.2. The van der Waals surface area contributed by atoms with E-state index in [1.807, 2.05) is 31.9 Å². The molecule has 3 heterocycles. The number of H-pyrrole nitrogens is 1. The van der Waals surface area contributed by atoms with Crippen LogP contribution in [0.4, 0.5) is 4.79 Å². The number of carbonyl (C=O) groups is 1. The zero-order valence-electron chi connectivity index (χ0n) is 24.4. The molecule has 1 N–H and O–H groups in total. The quantitative estimate of drug-likeness (QED) is 0.391. The molecule has 1 amide bonds. The molecule has 2 unspecified atom stereocenters. The van der Waals surface area contributed by atoms with Gasteiger partial charge in [0.25, 0.3) is 0 Å². The number of nitrogens with one attached hydrogen (secondary N) is 1. The number of likely N-dealkylation sites (tertiary alicyclic amines) is 1. The minimum atomic E-state index is -0.535. The minimum Gasteiger partial charge on any atom is -0.444 e. The van der Waals surface area contributed by atoms with Gasteiger partial charge in [0.2, 0.25) is 0 Å². The normalized spacial score (nSPS) is 22.4. The van der Waals surface area contributed by atoms with Gasteiger partial charge in [0.15, 0.2) is 0 Å². The summed E-state index contributed by atoms with van der Waals surface area (Å²) in [5, 5.41) is 0. The van der Waals surface area contributed by atoms with Crippen molar-refractivity contribution >= 4 is 18.7 Å². The number of aromatic nitrogens is 2. The topological polar surface area (TPSA) is 76.7 Å². The van der Waals surface area contributed by atoms with Crippen LogP contribution in [0.1, 0.15) is 80.1 Å². The highest BCUT2D eigenvalue weighted by Crippen LogP contribution is 2.38. The predicted octanol–water partition coefficient (Wildman–Crippen LogP) is 6.50. The van der Waals surface area contributed by atoms with E-state index < -0.39 is 5.60 Å². The van der Waals surface area contributed by atoms with Gasteiger partial charge in [-0.3, -0.25) is 4.90 Å². The second-order valence-electron chi connectivity index (χ2n) is 12.8. The smallest absolute Gasteiger partial charge is 0.444 e. The zero-order chi connectivity index (χ0) is 28.2. The first kappa shape index (κ1) is 27.5. The number of aromatic amines is 1. The van der Waals surface area contributed by atoms with Crippen molar-refractivity contribution in [3.63, 3.8) is 0 Å². The molecule has 0 saturated carbocycles. The molecule has 3 aromatic rings. The Balaban J connectivity index is 1.28.